The second kappa shape index (κ2) is 8.05. The molecule has 0 fully saturated rings. The van der Waals surface area contributed by atoms with Crippen molar-refractivity contribution < 1.29 is 19.6 Å². The lowest BCUT2D eigenvalue weighted by Crippen LogP contribution is -2.42. The average Bonchev–Trinajstić information content (AvgIpc) is 2.50. The van der Waals surface area contributed by atoms with Crippen LogP contribution in [0.2, 0.25) is 0 Å². The number of carboxylic acid groups (broad SMARTS) is 1. The molecule has 0 heterocycles. The molecule has 0 saturated heterocycles. The van der Waals surface area contributed by atoms with E-state index in [0.717, 1.165) is 0 Å². The van der Waals surface area contributed by atoms with Gasteiger partial charge in [0.1, 0.15) is 0 Å². The minimum absolute atomic E-state index is 0.0156. The van der Waals surface area contributed by atoms with Crippen molar-refractivity contribution in [3.8, 4) is 0 Å². The predicted molar refractivity (Wildman–Crippen MR) is 88.2 cm³/mol. The van der Waals surface area contributed by atoms with Gasteiger partial charge in [-0.1, -0.05) is 35.8 Å². The van der Waals surface area contributed by atoms with Crippen LogP contribution >= 0.6 is 15.9 Å². The molecule has 2 N–H and O–H groups in total. The Morgan fingerprint density at radius 1 is 1.35 bits per heavy atom. The van der Waals surface area contributed by atoms with E-state index in [1.165, 1.54) is 18.2 Å². The lowest BCUT2D eigenvalue weighted by Gasteiger charge is -2.26. The Hall–Kier alpha value is -1.96. The summed E-state index contributed by atoms with van der Waals surface area (Å²) in [7, 11) is 0. The molecule has 1 rings (SSSR count). The number of rotatable bonds is 8. The first-order valence-corrected chi connectivity index (χ1v) is 7.98. The largest absolute Gasteiger partial charge is 0.481 e. The molecule has 0 atom stereocenters. The van der Waals surface area contributed by atoms with Gasteiger partial charge in [0.2, 0.25) is 5.91 Å². The second-order valence-electron chi connectivity index (χ2n) is 5.28. The number of nitro benzene ring substituents is 1. The Morgan fingerprint density at radius 2 is 1.96 bits per heavy atom. The van der Waals surface area contributed by atoms with E-state index in [-0.39, 0.29) is 24.6 Å². The lowest BCUT2D eigenvalue weighted by atomic mass is 9.82. The number of hydrogen-bond acceptors (Lipinski definition) is 4. The Morgan fingerprint density at radius 3 is 2.39 bits per heavy atom. The highest BCUT2D eigenvalue weighted by Gasteiger charge is 2.35. The van der Waals surface area contributed by atoms with Gasteiger partial charge in [0.25, 0.3) is 5.69 Å². The fourth-order valence-electron chi connectivity index (χ4n) is 2.17. The zero-order chi connectivity index (χ0) is 17.6. The molecule has 23 heavy (non-hydrogen) atoms. The van der Waals surface area contributed by atoms with Crippen molar-refractivity contribution in [2.24, 2.45) is 5.41 Å². The molecule has 1 amide bonds. The molecule has 1 aromatic rings. The van der Waals surface area contributed by atoms with Gasteiger partial charge < -0.3 is 10.4 Å². The van der Waals surface area contributed by atoms with Crippen molar-refractivity contribution in [3.63, 3.8) is 0 Å². The molecule has 0 spiro atoms. The fraction of sp³-hybridized carbons (Fsp3) is 0.467. The summed E-state index contributed by atoms with van der Waals surface area (Å²) in [5, 5.41) is 22.7. The van der Waals surface area contributed by atoms with Crippen LogP contribution in [0, 0.1) is 15.5 Å². The zero-order valence-electron chi connectivity index (χ0n) is 13.0. The first-order chi connectivity index (χ1) is 10.8. The molecular weight excluding hydrogens is 368 g/mol. The van der Waals surface area contributed by atoms with Gasteiger partial charge in [-0.2, -0.15) is 0 Å². The van der Waals surface area contributed by atoms with Gasteiger partial charge in [0.15, 0.2) is 0 Å². The van der Waals surface area contributed by atoms with Crippen LogP contribution in [0.3, 0.4) is 0 Å². The van der Waals surface area contributed by atoms with Crippen LogP contribution < -0.4 is 5.32 Å². The van der Waals surface area contributed by atoms with E-state index in [2.05, 4.69) is 21.2 Å². The van der Waals surface area contributed by atoms with Crippen LogP contribution in [0.4, 0.5) is 5.69 Å². The normalized spacial score (nSPS) is 11.1. The van der Waals surface area contributed by atoms with Crippen molar-refractivity contribution in [3.05, 3.63) is 38.3 Å². The van der Waals surface area contributed by atoms with Crippen molar-refractivity contribution in [1.82, 2.24) is 5.32 Å². The summed E-state index contributed by atoms with van der Waals surface area (Å²) in [5.41, 5.74) is -0.438. The predicted octanol–water partition coefficient (Wildman–Crippen LogP) is 2.91. The number of nitrogens with zero attached hydrogens (tertiary/aromatic N) is 1. The van der Waals surface area contributed by atoms with Crippen LogP contribution in [-0.4, -0.2) is 28.5 Å². The quantitative estimate of drug-likeness (QED) is 0.527. The monoisotopic (exact) mass is 386 g/mol. The van der Waals surface area contributed by atoms with E-state index in [1.54, 1.807) is 13.8 Å². The lowest BCUT2D eigenvalue weighted by molar-refractivity contribution is -0.384. The molecule has 0 aliphatic heterocycles. The first kappa shape index (κ1) is 19.1. The van der Waals surface area contributed by atoms with Gasteiger partial charge >= 0.3 is 5.97 Å². The summed E-state index contributed by atoms with van der Waals surface area (Å²) in [4.78, 5) is 33.6. The Labute approximate surface area is 142 Å². The third kappa shape index (κ3) is 4.75. The maximum absolute atomic E-state index is 12.0. The minimum Gasteiger partial charge on any atom is -0.481 e. The van der Waals surface area contributed by atoms with Crippen molar-refractivity contribution >= 4 is 33.5 Å². The van der Waals surface area contributed by atoms with Crippen LogP contribution in [-0.2, 0) is 16.0 Å². The fourth-order valence-corrected chi connectivity index (χ4v) is 2.68. The molecule has 7 nitrogen and oxygen atoms in total. The number of aliphatic carboxylic acids is 1. The molecule has 126 valence electrons. The van der Waals surface area contributed by atoms with Crippen LogP contribution in [0.15, 0.2) is 22.7 Å². The molecule has 0 radical (unpaired) electrons. The molecule has 0 aromatic heterocycles. The van der Waals surface area contributed by atoms with Gasteiger partial charge in [0.05, 0.1) is 16.8 Å². The number of carbonyl (C=O) groups is 2. The summed E-state index contributed by atoms with van der Waals surface area (Å²) < 4.78 is 0.470. The summed E-state index contributed by atoms with van der Waals surface area (Å²) >= 11 is 3.21. The van der Waals surface area contributed by atoms with Crippen LogP contribution in [0.25, 0.3) is 0 Å². The van der Waals surface area contributed by atoms with Crippen LogP contribution in [0.5, 0.6) is 0 Å². The zero-order valence-corrected chi connectivity index (χ0v) is 14.6. The third-order valence-electron chi connectivity index (χ3n) is 4.03. The molecule has 0 bridgehead atoms. The average molecular weight is 387 g/mol. The summed E-state index contributed by atoms with van der Waals surface area (Å²) in [6.45, 7) is 3.60. The van der Waals surface area contributed by atoms with E-state index >= 15 is 0 Å². The maximum atomic E-state index is 12.0. The number of amides is 1. The van der Waals surface area contributed by atoms with E-state index < -0.39 is 16.3 Å². The first-order valence-electron chi connectivity index (χ1n) is 7.18. The number of benzene rings is 1. The number of carbonyl (C=O) groups excluding carboxylic acids is 1. The number of carboxylic acids is 1. The summed E-state index contributed by atoms with van der Waals surface area (Å²) in [6, 6.07) is 4.17. The van der Waals surface area contributed by atoms with Gasteiger partial charge in [0, 0.05) is 23.2 Å². The summed E-state index contributed by atoms with van der Waals surface area (Å²) in [6.07, 6.45) is 0.850. The Balaban J connectivity index is 2.74. The second-order valence-corrected chi connectivity index (χ2v) is 6.13. The SMILES string of the molecule is CCC(CC)(CNC(=O)Cc1ccc([N+](=O)[O-])cc1Br)C(=O)O. The van der Waals surface area contributed by atoms with Gasteiger partial charge in [-0.05, 0) is 18.4 Å². The Kier molecular flexibility index (Phi) is 6.68. The maximum Gasteiger partial charge on any atom is 0.311 e. The van der Waals surface area contributed by atoms with E-state index in [9.17, 15) is 24.8 Å². The molecule has 8 heteroatoms. The third-order valence-corrected chi connectivity index (χ3v) is 4.77. The molecule has 0 unspecified atom stereocenters. The molecular formula is C15H19BrN2O5. The van der Waals surface area contributed by atoms with E-state index in [1.807, 2.05) is 0 Å². The molecule has 1 aromatic carbocycles. The van der Waals surface area contributed by atoms with E-state index in [4.69, 9.17) is 0 Å². The van der Waals surface area contributed by atoms with Crippen LogP contribution in [0.1, 0.15) is 32.3 Å². The van der Waals surface area contributed by atoms with E-state index in [0.29, 0.717) is 22.9 Å². The highest BCUT2D eigenvalue weighted by atomic mass is 79.9. The standard InChI is InChI=1S/C15H19BrN2O5/c1-3-15(4-2,14(20)21)9-17-13(19)7-10-5-6-11(18(22)23)8-12(10)16/h5-6,8H,3-4,7,9H2,1-2H3,(H,17,19)(H,20,21). The number of nitro groups is 1. The van der Waals surface area contributed by atoms with Gasteiger partial charge in [-0.15, -0.1) is 0 Å². The van der Waals surface area contributed by atoms with Gasteiger partial charge in [-0.3, -0.25) is 19.7 Å². The number of non-ortho nitro benzene ring substituents is 1. The minimum atomic E-state index is -0.970. The highest BCUT2D eigenvalue weighted by Crippen LogP contribution is 2.26. The van der Waals surface area contributed by atoms with Crippen molar-refractivity contribution in [1.29, 1.82) is 0 Å². The molecule has 0 aliphatic carbocycles. The number of hydrogen-bond donors (Lipinski definition) is 2. The summed E-state index contributed by atoms with van der Waals surface area (Å²) in [5.74, 6) is -1.26. The molecule has 0 aliphatic rings. The Bertz CT molecular complexity index is 614. The van der Waals surface area contributed by atoms with Crippen molar-refractivity contribution in [2.75, 3.05) is 6.54 Å². The van der Waals surface area contributed by atoms with Gasteiger partial charge in [-0.25, -0.2) is 0 Å². The highest BCUT2D eigenvalue weighted by molar-refractivity contribution is 9.10. The number of halogens is 1. The smallest absolute Gasteiger partial charge is 0.311 e. The van der Waals surface area contributed by atoms with Crippen molar-refractivity contribution in [2.45, 2.75) is 33.1 Å². The molecule has 0 saturated carbocycles. The number of nitrogens with one attached hydrogen (secondary N) is 1. The topological polar surface area (TPSA) is 110 Å².